The van der Waals surface area contributed by atoms with Crippen LogP contribution in [0.3, 0.4) is 0 Å². The monoisotopic (exact) mass is 279 g/mol. The van der Waals surface area contributed by atoms with Crippen LogP contribution in [0.2, 0.25) is 0 Å². The Kier molecular flexibility index (Phi) is 5.55. The first-order valence-electron chi connectivity index (χ1n) is 6.05. The maximum atomic E-state index is 12.1. The zero-order valence-electron chi connectivity index (χ0n) is 10.9. The molecule has 106 valence electrons. The van der Waals surface area contributed by atoms with Crippen LogP contribution < -0.4 is 4.72 Å². The molecule has 1 aliphatic rings. The molecule has 0 aromatic carbocycles. The van der Waals surface area contributed by atoms with Crippen molar-refractivity contribution in [1.82, 2.24) is 4.72 Å². The van der Waals surface area contributed by atoms with Gasteiger partial charge in [0.15, 0.2) is 0 Å². The van der Waals surface area contributed by atoms with Crippen molar-refractivity contribution in [2.24, 2.45) is 0 Å². The molecule has 1 rings (SSSR count). The number of carbonyl (C=O) groups is 1. The molecule has 0 unspecified atom stereocenters. The van der Waals surface area contributed by atoms with Crippen LogP contribution in [0.25, 0.3) is 0 Å². The van der Waals surface area contributed by atoms with Gasteiger partial charge in [0.2, 0.25) is 10.0 Å². The highest BCUT2D eigenvalue weighted by Gasteiger charge is 2.41. The summed E-state index contributed by atoms with van der Waals surface area (Å²) in [6.07, 6.45) is 4.85. The lowest BCUT2D eigenvalue weighted by Gasteiger charge is -2.35. The van der Waals surface area contributed by atoms with Gasteiger partial charge in [-0.1, -0.05) is 19.3 Å². The molecule has 1 fully saturated rings. The summed E-state index contributed by atoms with van der Waals surface area (Å²) in [5, 5.41) is 0. The van der Waals surface area contributed by atoms with Gasteiger partial charge in [0, 0.05) is 7.11 Å². The Morgan fingerprint density at radius 2 is 1.83 bits per heavy atom. The van der Waals surface area contributed by atoms with E-state index in [2.05, 4.69) is 0 Å². The maximum Gasteiger partial charge on any atom is 0.265 e. The lowest BCUT2D eigenvalue weighted by molar-refractivity contribution is -0.152. The Labute approximate surface area is 108 Å². The van der Waals surface area contributed by atoms with Crippen LogP contribution in [-0.4, -0.2) is 46.5 Å². The standard InChI is InChI=1S/C11H21NO5S/c1-16-8-9-17-11(6-4-3-5-7-11)10(13)12-18(2,14)15/h3-9H2,1-2H3,(H,12,13). The molecule has 0 atom stereocenters. The average molecular weight is 279 g/mol. The number of hydrogen-bond donors (Lipinski definition) is 1. The molecule has 6 nitrogen and oxygen atoms in total. The second kappa shape index (κ2) is 6.49. The predicted octanol–water partition coefficient (Wildman–Crippen LogP) is 0.428. The summed E-state index contributed by atoms with van der Waals surface area (Å²) in [4.78, 5) is 12.1. The smallest absolute Gasteiger partial charge is 0.265 e. The van der Waals surface area contributed by atoms with Gasteiger partial charge in [-0.25, -0.2) is 8.42 Å². The maximum absolute atomic E-state index is 12.1. The number of hydrogen-bond acceptors (Lipinski definition) is 5. The van der Waals surface area contributed by atoms with E-state index in [4.69, 9.17) is 9.47 Å². The van der Waals surface area contributed by atoms with Crippen molar-refractivity contribution in [2.45, 2.75) is 37.7 Å². The van der Waals surface area contributed by atoms with E-state index >= 15 is 0 Å². The zero-order chi connectivity index (χ0) is 13.6. The van der Waals surface area contributed by atoms with Gasteiger partial charge in [-0.05, 0) is 12.8 Å². The molecule has 0 bridgehead atoms. The number of nitrogens with one attached hydrogen (secondary N) is 1. The fourth-order valence-electron chi connectivity index (χ4n) is 2.14. The summed E-state index contributed by atoms with van der Waals surface area (Å²) in [5.41, 5.74) is -1.01. The summed E-state index contributed by atoms with van der Waals surface area (Å²) in [7, 11) is -2.00. The van der Waals surface area contributed by atoms with E-state index < -0.39 is 21.5 Å². The number of sulfonamides is 1. The normalized spacial score (nSPS) is 19.4. The third-order valence-electron chi connectivity index (χ3n) is 3.02. The molecule has 1 amide bonds. The van der Waals surface area contributed by atoms with Gasteiger partial charge in [-0.2, -0.15) is 0 Å². The van der Waals surface area contributed by atoms with Crippen LogP contribution in [0.15, 0.2) is 0 Å². The first kappa shape index (κ1) is 15.4. The van der Waals surface area contributed by atoms with Gasteiger partial charge < -0.3 is 9.47 Å². The summed E-state index contributed by atoms with van der Waals surface area (Å²) in [6, 6.07) is 0. The lowest BCUT2D eigenvalue weighted by Crippen LogP contribution is -2.51. The molecule has 0 radical (unpaired) electrons. The van der Waals surface area contributed by atoms with Gasteiger partial charge in [0.05, 0.1) is 19.5 Å². The van der Waals surface area contributed by atoms with E-state index in [0.29, 0.717) is 19.4 Å². The largest absolute Gasteiger partial charge is 0.382 e. The summed E-state index contributed by atoms with van der Waals surface area (Å²) in [6.45, 7) is 0.668. The molecule has 0 spiro atoms. The van der Waals surface area contributed by atoms with Gasteiger partial charge >= 0.3 is 0 Å². The number of ether oxygens (including phenoxy) is 2. The fourth-order valence-corrected chi connectivity index (χ4v) is 2.66. The van der Waals surface area contributed by atoms with E-state index in [1.54, 1.807) is 7.11 Å². The highest BCUT2D eigenvalue weighted by molar-refractivity contribution is 7.89. The quantitative estimate of drug-likeness (QED) is 0.713. The van der Waals surface area contributed by atoms with Crippen molar-refractivity contribution >= 4 is 15.9 Å². The van der Waals surface area contributed by atoms with Crippen molar-refractivity contribution in [3.8, 4) is 0 Å². The molecule has 1 saturated carbocycles. The minimum Gasteiger partial charge on any atom is -0.382 e. The summed E-state index contributed by atoms with van der Waals surface area (Å²) < 4.78 is 34.8. The molecule has 0 aliphatic heterocycles. The average Bonchev–Trinajstić information content (AvgIpc) is 2.28. The first-order valence-corrected chi connectivity index (χ1v) is 7.94. The van der Waals surface area contributed by atoms with E-state index in [9.17, 15) is 13.2 Å². The molecule has 18 heavy (non-hydrogen) atoms. The molecule has 0 aromatic heterocycles. The van der Waals surface area contributed by atoms with Gasteiger partial charge in [0.25, 0.3) is 5.91 Å². The topological polar surface area (TPSA) is 81.7 Å². The third-order valence-corrected chi connectivity index (χ3v) is 3.58. The van der Waals surface area contributed by atoms with Crippen molar-refractivity contribution in [3.05, 3.63) is 0 Å². The molecule has 0 aromatic rings. The molecule has 7 heteroatoms. The van der Waals surface area contributed by atoms with E-state index in [1.165, 1.54) is 0 Å². The zero-order valence-corrected chi connectivity index (χ0v) is 11.7. The van der Waals surface area contributed by atoms with Gasteiger partial charge in [0.1, 0.15) is 5.60 Å². The van der Waals surface area contributed by atoms with E-state index in [1.807, 2.05) is 4.72 Å². The fraction of sp³-hybridized carbons (Fsp3) is 0.909. The summed E-state index contributed by atoms with van der Waals surface area (Å²) >= 11 is 0. The second-order valence-electron chi connectivity index (χ2n) is 4.60. The molecule has 1 N–H and O–H groups in total. The number of rotatable bonds is 6. The number of methoxy groups -OCH3 is 1. The van der Waals surface area contributed by atoms with Crippen molar-refractivity contribution in [3.63, 3.8) is 0 Å². The highest BCUT2D eigenvalue weighted by atomic mass is 32.2. The van der Waals surface area contributed by atoms with Gasteiger partial charge in [-0.3, -0.25) is 9.52 Å². The molecular formula is C11H21NO5S. The van der Waals surface area contributed by atoms with Crippen LogP contribution in [0.4, 0.5) is 0 Å². The van der Waals surface area contributed by atoms with Crippen LogP contribution in [0, 0.1) is 0 Å². The number of carbonyl (C=O) groups excluding carboxylic acids is 1. The molecule has 1 aliphatic carbocycles. The van der Waals surface area contributed by atoms with E-state index in [0.717, 1.165) is 25.5 Å². The van der Waals surface area contributed by atoms with Crippen LogP contribution in [0.1, 0.15) is 32.1 Å². The Bertz CT molecular complexity index is 373. The third kappa shape index (κ3) is 4.55. The van der Waals surface area contributed by atoms with E-state index in [-0.39, 0.29) is 6.61 Å². The summed E-state index contributed by atoms with van der Waals surface area (Å²) in [5.74, 6) is -0.555. The van der Waals surface area contributed by atoms with Crippen molar-refractivity contribution in [2.75, 3.05) is 26.6 Å². The van der Waals surface area contributed by atoms with Crippen molar-refractivity contribution < 1.29 is 22.7 Å². The van der Waals surface area contributed by atoms with Gasteiger partial charge in [-0.15, -0.1) is 0 Å². The second-order valence-corrected chi connectivity index (χ2v) is 6.35. The molecule has 0 saturated heterocycles. The SMILES string of the molecule is COCCOC1(C(=O)NS(C)(=O)=O)CCCCC1. The highest BCUT2D eigenvalue weighted by Crippen LogP contribution is 2.32. The minimum atomic E-state index is -3.55. The first-order chi connectivity index (χ1) is 8.40. The Hall–Kier alpha value is -0.660. The number of amides is 1. The predicted molar refractivity (Wildman–Crippen MR) is 66.6 cm³/mol. The Balaban J connectivity index is 2.72. The minimum absolute atomic E-state index is 0.285. The molecular weight excluding hydrogens is 258 g/mol. The lowest BCUT2D eigenvalue weighted by atomic mass is 9.84. The molecule has 0 heterocycles. The van der Waals surface area contributed by atoms with Crippen LogP contribution >= 0.6 is 0 Å². The van der Waals surface area contributed by atoms with Crippen LogP contribution in [0.5, 0.6) is 0 Å². The van der Waals surface area contributed by atoms with Crippen molar-refractivity contribution in [1.29, 1.82) is 0 Å². The Morgan fingerprint density at radius 3 is 2.33 bits per heavy atom. The van der Waals surface area contributed by atoms with Crippen LogP contribution in [-0.2, 0) is 24.3 Å². The Morgan fingerprint density at radius 1 is 1.22 bits per heavy atom.